The second-order valence-corrected chi connectivity index (χ2v) is 5.77. The number of hydrogen-bond donors (Lipinski definition) is 2. The van der Waals surface area contributed by atoms with Gasteiger partial charge in [-0.1, -0.05) is 5.10 Å². The average Bonchev–Trinajstić information content (AvgIpc) is 3.21. The number of ether oxygens (including phenoxy) is 1. The van der Waals surface area contributed by atoms with Crippen molar-refractivity contribution in [3.63, 3.8) is 0 Å². The summed E-state index contributed by atoms with van der Waals surface area (Å²) in [5, 5.41) is 15.1. The summed E-state index contributed by atoms with van der Waals surface area (Å²) in [5.41, 5.74) is -0.102. The standard InChI is InChI=1S/C13H9N7O3S/c1-23-6-2-3-7-8(4-6)24-9-5-14-10(12(22)20(7)9)11(21)15-13-16-18-19-17-13/h2-5H,1H3,(H2,15,16,17,18,19,21). The predicted molar refractivity (Wildman–Crippen MR) is 85.5 cm³/mol. The van der Waals surface area contributed by atoms with Crippen LogP contribution in [0.3, 0.4) is 0 Å². The van der Waals surface area contributed by atoms with Crippen molar-refractivity contribution in [1.82, 2.24) is 30.0 Å². The molecular weight excluding hydrogens is 334 g/mol. The molecule has 11 heteroatoms. The first-order valence-electron chi connectivity index (χ1n) is 6.70. The third kappa shape index (κ3) is 2.18. The summed E-state index contributed by atoms with van der Waals surface area (Å²) in [6.45, 7) is 0. The van der Waals surface area contributed by atoms with E-state index in [0.717, 1.165) is 4.70 Å². The largest absolute Gasteiger partial charge is 0.497 e. The summed E-state index contributed by atoms with van der Waals surface area (Å²) in [6, 6.07) is 5.34. The molecule has 0 saturated heterocycles. The third-order valence-corrected chi connectivity index (χ3v) is 4.38. The summed E-state index contributed by atoms with van der Waals surface area (Å²) in [4.78, 5) is 29.5. The lowest BCUT2D eigenvalue weighted by molar-refractivity contribution is 0.102. The van der Waals surface area contributed by atoms with Gasteiger partial charge in [-0.15, -0.1) is 16.4 Å². The van der Waals surface area contributed by atoms with E-state index < -0.39 is 11.5 Å². The number of benzene rings is 1. The lowest BCUT2D eigenvalue weighted by Crippen LogP contribution is -2.27. The van der Waals surface area contributed by atoms with E-state index in [1.807, 2.05) is 6.07 Å². The maximum atomic E-state index is 12.7. The molecule has 2 N–H and O–H groups in total. The van der Waals surface area contributed by atoms with Gasteiger partial charge in [0.15, 0.2) is 5.69 Å². The quantitative estimate of drug-likeness (QED) is 0.560. The van der Waals surface area contributed by atoms with Crippen LogP contribution in [-0.4, -0.2) is 43.0 Å². The molecule has 3 aromatic heterocycles. The fourth-order valence-electron chi connectivity index (χ4n) is 2.27. The number of nitrogens with one attached hydrogen (secondary N) is 2. The Balaban J connectivity index is 1.86. The number of aromatic nitrogens is 6. The Morgan fingerprint density at radius 2 is 2.29 bits per heavy atom. The van der Waals surface area contributed by atoms with Gasteiger partial charge in [-0.25, -0.2) is 4.98 Å². The van der Waals surface area contributed by atoms with Crippen molar-refractivity contribution in [3.8, 4) is 5.75 Å². The molecule has 0 spiro atoms. The lowest BCUT2D eigenvalue weighted by Gasteiger charge is -2.01. The summed E-state index contributed by atoms with van der Waals surface area (Å²) in [7, 11) is 1.57. The van der Waals surface area contributed by atoms with Crippen molar-refractivity contribution in [2.24, 2.45) is 0 Å². The van der Waals surface area contributed by atoms with E-state index in [1.54, 1.807) is 19.2 Å². The SMILES string of the molecule is COc1ccc2c(c1)sc1cnc(C(=O)Nc3nn[nH]n3)c(=O)n12. The Hall–Kier alpha value is -3.34. The lowest BCUT2D eigenvalue weighted by atomic mass is 10.3. The molecule has 4 aromatic rings. The van der Waals surface area contributed by atoms with Crippen LogP contribution in [0.2, 0.25) is 0 Å². The van der Waals surface area contributed by atoms with Crippen LogP contribution in [0.15, 0.2) is 29.2 Å². The predicted octanol–water partition coefficient (Wildman–Crippen LogP) is 0.683. The van der Waals surface area contributed by atoms with E-state index in [-0.39, 0.29) is 11.6 Å². The smallest absolute Gasteiger partial charge is 0.287 e. The van der Waals surface area contributed by atoms with Gasteiger partial charge in [0.2, 0.25) is 0 Å². The summed E-state index contributed by atoms with van der Waals surface area (Å²) in [5.74, 6) is -0.0555. The summed E-state index contributed by atoms with van der Waals surface area (Å²) < 4.78 is 7.48. The van der Waals surface area contributed by atoms with Gasteiger partial charge in [0.05, 0.1) is 23.5 Å². The Kier molecular flexibility index (Phi) is 3.20. The number of carbonyl (C=O) groups excluding carboxylic acids is 1. The summed E-state index contributed by atoms with van der Waals surface area (Å²) >= 11 is 1.38. The van der Waals surface area contributed by atoms with Crippen molar-refractivity contribution in [2.75, 3.05) is 12.4 Å². The molecular formula is C13H9N7O3S. The second kappa shape index (κ2) is 5.38. The summed E-state index contributed by atoms with van der Waals surface area (Å²) in [6.07, 6.45) is 1.48. The van der Waals surface area contributed by atoms with Gasteiger partial charge < -0.3 is 4.74 Å². The molecule has 10 nitrogen and oxygen atoms in total. The topological polar surface area (TPSA) is 127 Å². The molecule has 0 radical (unpaired) electrons. The van der Waals surface area contributed by atoms with Crippen molar-refractivity contribution in [3.05, 3.63) is 40.4 Å². The highest BCUT2D eigenvalue weighted by molar-refractivity contribution is 7.23. The van der Waals surface area contributed by atoms with Gasteiger partial charge in [-0.2, -0.15) is 5.21 Å². The molecule has 0 unspecified atom stereocenters. The highest BCUT2D eigenvalue weighted by atomic mass is 32.1. The van der Waals surface area contributed by atoms with E-state index in [4.69, 9.17) is 4.74 Å². The number of carbonyl (C=O) groups is 1. The number of H-pyrrole nitrogens is 1. The fraction of sp³-hybridized carbons (Fsp3) is 0.0769. The van der Waals surface area contributed by atoms with Gasteiger partial charge in [-0.3, -0.25) is 19.3 Å². The number of hydrogen-bond acceptors (Lipinski definition) is 8. The Bertz CT molecular complexity index is 1120. The van der Waals surface area contributed by atoms with Crippen LogP contribution in [0.5, 0.6) is 5.75 Å². The molecule has 120 valence electrons. The Labute approximate surface area is 137 Å². The van der Waals surface area contributed by atoms with Crippen LogP contribution in [0.1, 0.15) is 10.5 Å². The van der Waals surface area contributed by atoms with Crippen LogP contribution in [-0.2, 0) is 0 Å². The fourth-order valence-corrected chi connectivity index (χ4v) is 3.31. The first-order valence-corrected chi connectivity index (χ1v) is 7.52. The number of rotatable bonds is 3. The Morgan fingerprint density at radius 1 is 1.42 bits per heavy atom. The minimum Gasteiger partial charge on any atom is -0.497 e. The van der Waals surface area contributed by atoms with Crippen LogP contribution in [0.4, 0.5) is 5.95 Å². The zero-order valence-electron chi connectivity index (χ0n) is 12.2. The number of thiazole rings is 1. The maximum absolute atomic E-state index is 12.7. The van der Waals surface area contributed by atoms with E-state index in [1.165, 1.54) is 21.9 Å². The molecule has 3 heterocycles. The van der Waals surface area contributed by atoms with Gasteiger partial charge in [0, 0.05) is 0 Å². The molecule has 0 aliphatic heterocycles. The van der Waals surface area contributed by atoms with Crippen LogP contribution < -0.4 is 15.6 Å². The number of nitrogens with zero attached hydrogens (tertiary/aromatic N) is 5. The monoisotopic (exact) mass is 343 g/mol. The van der Waals surface area contributed by atoms with Crippen molar-refractivity contribution in [2.45, 2.75) is 0 Å². The van der Waals surface area contributed by atoms with E-state index >= 15 is 0 Å². The Morgan fingerprint density at radius 3 is 3.04 bits per heavy atom. The van der Waals surface area contributed by atoms with Crippen LogP contribution in [0.25, 0.3) is 15.0 Å². The van der Waals surface area contributed by atoms with E-state index in [9.17, 15) is 9.59 Å². The first kappa shape index (κ1) is 14.3. The molecule has 24 heavy (non-hydrogen) atoms. The molecule has 0 atom stereocenters. The number of aromatic amines is 1. The molecule has 4 rings (SSSR count). The van der Waals surface area contributed by atoms with E-state index in [2.05, 4.69) is 30.9 Å². The molecule has 0 fully saturated rings. The zero-order chi connectivity index (χ0) is 16.7. The number of anilines is 1. The van der Waals surface area contributed by atoms with Crippen molar-refractivity contribution in [1.29, 1.82) is 0 Å². The molecule has 1 aromatic carbocycles. The van der Waals surface area contributed by atoms with Gasteiger partial charge >= 0.3 is 0 Å². The van der Waals surface area contributed by atoms with Gasteiger partial charge in [-0.05, 0) is 23.4 Å². The highest BCUT2D eigenvalue weighted by Crippen LogP contribution is 2.28. The number of methoxy groups -OCH3 is 1. The molecule has 0 saturated carbocycles. The second-order valence-electron chi connectivity index (χ2n) is 4.71. The van der Waals surface area contributed by atoms with Crippen molar-refractivity contribution >= 4 is 38.2 Å². The maximum Gasteiger partial charge on any atom is 0.287 e. The zero-order valence-corrected chi connectivity index (χ0v) is 13.0. The normalized spacial score (nSPS) is 11.0. The van der Waals surface area contributed by atoms with Gasteiger partial charge in [0.1, 0.15) is 10.6 Å². The van der Waals surface area contributed by atoms with Crippen LogP contribution >= 0.6 is 11.3 Å². The minimum atomic E-state index is -0.705. The van der Waals surface area contributed by atoms with E-state index in [0.29, 0.717) is 16.1 Å². The average molecular weight is 343 g/mol. The number of amides is 1. The molecule has 0 aliphatic carbocycles. The molecule has 1 amide bonds. The number of fused-ring (bicyclic) bond motifs is 3. The van der Waals surface area contributed by atoms with Crippen LogP contribution in [0, 0.1) is 0 Å². The number of tetrazole rings is 1. The van der Waals surface area contributed by atoms with Gasteiger partial charge in [0.25, 0.3) is 17.4 Å². The third-order valence-electron chi connectivity index (χ3n) is 3.34. The molecule has 0 aliphatic rings. The molecule has 0 bridgehead atoms. The minimum absolute atomic E-state index is 0.0359. The van der Waals surface area contributed by atoms with Crippen molar-refractivity contribution < 1.29 is 9.53 Å². The first-order chi connectivity index (χ1) is 11.7. The highest BCUT2D eigenvalue weighted by Gasteiger charge is 2.18.